The van der Waals surface area contributed by atoms with Crippen LogP contribution in [0.25, 0.3) is 21.5 Å². The lowest BCUT2D eigenvalue weighted by Gasteiger charge is -2.16. The van der Waals surface area contributed by atoms with Gasteiger partial charge in [0.2, 0.25) is 0 Å². The Balaban J connectivity index is 1.34. The molecule has 0 unspecified atom stereocenters. The summed E-state index contributed by atoms with van der Waals surface area (Å²) in [5.74, 6) is 0.342. The van der Waals surface area contributed by atoms with Crippen molar-refractivity contribution in [2.24, 2.45) is 7.05 Å². The van der Waals surface area contributed by atoms with Crippen LogP contribution in [0.15, 0.2) is 40.8 Å². The van der Waals surface area contributed by atoms with E-state index in [2.05, 4.69) is 10.1 Å². The van der Waals surface area contributed by atoms with E-state index < -0.39 is 5.97 Å². The predicted octanol–water partition coefficient (Wildman–Crippen LogP) is 3.73. The Kier molecular flexibility index (Phi) is 5.57. The minimum Gasteiger partial charge on any atom is -0.456 e. The largest absolute Gasteiger partial charge is 0.456 e. The normalized spacial score (nSPS) is 14.0. The molecule has 5 rings (SSSR count). The lowest BCUT2D eigenvalue weighted by atomic mass is 10.1. The number of nitrogens with zero attached hydrogens (tertiary/aromatic N) is 5. The summed E-state index contributed by atoms with van der Waals surface area (Å²) in [6.45, 7) is 0.781. The van der Waals surface area contributed by atoms with Gasteiger partial charge < -0.3 is 4.74 Å². The maximum absolute atomic E-state index is 12.9. The van der Waals surface area contributed by atoms with Crippen LogP contribution in [0.1, 0.15) is 47.6 Å². The van der Waals surface area contributed by atoms with Crippen molar-refractivity contribution in [3.63, 3.8) is 0 Å². The summed E-state index contributed by atoms with van der Waals surface area (Å²) in [5, 5.41) is 7.39. The maximum Gasteiger partial charge on any atom is 0.338 e. The first kappa shape index (κ1) is 20.6. The first-order valence-electron chi connectivity index (χ1n) is 10.7. The molecule has 1 aliphatic rings. The number of carbonyl (C=O) groups is 1. The predicted molar refractivity (Wildman–Crippen MR) is 122 cm³/mol. The summed E-state index contributed by atoms with van der Waals surface area (Å²) in [5.41, 5.74) is 2.50. The quantitative estimate of drug-likeness (QED) is 0.441. The molecule has 0 saturated heterocycles. The summed E-state index contributed by atoms with van der Waals surface area (Å²) in [6.07, 6.45) is 8.72. The molecule has 0 atom stereocenters. The molecular formula is C23H23N5O3S. The van der Waals surface area contributed by atoms with Gasteiger partial charge >= 0.3 is 5.97 Å². The number of ether oxygens (including phenoxy) is 1. The van der Waals surface area contributed by atoms with E-state index in [1.165, 1.54) is 11.3 Å². The number of thiazole rings is 1. The first-order chi connectivity index (χ1) is 15.6. The van der Waals surface area contributed by atoms with Gasteiger partial charge in [-0.1, -0.05) is 12.8 Å². The highest BCUT2D eigenvalue weighted by molar-refractivity contribution is 7.13. The fraction of sp³-hybridized carbons (Fsp3) is 0.348. The molecule has 164 valence electrons. The van der Waals surface area contributed by atoms with Crippen LogP contribution in [-0.4, -0.2) is 30.3 Å². The Labute approximate surface area is 188 Å². The topological polar surface area (TPSA) is 91.9 Å². The number of rotatable bonds is 4. The number of aryl methyl sites for hydroxylation is 2. The SMILES string of the molecule is Cn1cc(-c2nc(COC(=O)c3ccc4c(=O)n5c(nc4c3)CCCCCC5)cs2)cn1. The van der Waals surface area contributed by atoms with Crippen LogP contribution in [0, 0.1) is 0 Å². The van der Waals surface area contributed by atoms with E-state index in [1.54, 1.807) is 33.6 Å². The Bertz CT molecular complexity index is 1350. The van der Waals surface area contributed by atoms with E-state index in [-0.39, 0.29) is 12.2 Å². The van der Waals surface area contributed by atoms with Crippen LogP contribution in [-0.2, 0) is 31.4 Å². The number of benzene rings is 1. The second kappa shape index (κ2) is 8.66. The molecule has 0 aliphatic carbocycles. The molecule has 0 N–H and O–H groups in total. The van der Waals surface area contributed by atoms with Crippen molar-refractivity contribution in [2.75, 3.05) is 0 Å². The summed E-state index contributed by atoms with van der Waals surface area (Å²) in [4.78, 5) is 34.8. The molecule has 1 aromatic carbocycles. The number of hydrogen-bond acceptors (Lipinski definition) is 7. The van der Waals surface area contributed by atoms with Gasteiger partial charge in [0, 0.05) is 37.2 Å². The minimum atomic E-state index is -0.462. The molecular weight excluding hydrogens is 426 g/mol. The zero-order valence-corrected chi connectivity index (χ0v) is 18.6. The molecule has 0 spiro atoms. The summed E-state index contributed by atoms with van der Waals surface area (Å²) in [7, 11) is 1.85. The smallest absolute Gasteiger partial charge is 0.338 e. The molecule has 4 aromatic rings. The lowest BCUT2D eigenvalue weighted by Crippen LogP contribution is -2.26. The van der Waals surface area contributed by atoms with Gasteiger partial charge in [-0.3, -0.25) is 14.0 Å². The van der Waals surface area contributed by atoms with Crippen molar-refractivity contribution in [1.82, 2.24) is 24.3 Å². The average molecular weight is 450 g/mol. The zero-order valence-electron chi connectivity index (χ0n) is 17.8. The highest BCUT2D eigenvalue weighted by Crippen LogP contribution is 2.23. The van der Waals surface area contributed by atoms with E-state index in [0.717, 1.165) is 48.5 Å². The van der Waals surface area contributed by atoms with Crippen LogP contribution < -0.4 is 5.56 Å². The molecule has 0 bridgehead atoms. The number of fused-ring (bicyclic) bond motifs is 2. The van der Waals surface area contributed by atoms with Crippen LogP contribution in [0.5, 0.6) is 0 Å². The molecule has 4 heterocycles. The van der Waals surface area contributed by atoms with E-state index in [4.69, 9.17) is 9.72 Å². The summed E-state index contributed by atoms with van der Waals surface area (Å²) in [6, 6.07) is 4.96. The third-order valence-electron chi connectivity index (χ3n) is 5.66. The molecule has 9 heteroatoms. The van der Waals surface area contributed by atoms with Crippen LogP contribution in [0.3, 0.4) is 0 Å². The fourth-order valence-electron chi connectivity index (χ4n) is 3.98. The van der Waals surface area contributed by atoms with Gasteiger partial charge in [0.25, 0.3) is 5.56 Å². The van der Waals surface area contributed by atoms with Crippen molar-refractivity contribution in [1.29, 1.82) is 0 Å². The van der Waals surface area contributed by atoms with Crippen molar-refractivity contribution in [2.45, 2.75) is 45.3 Å². The van der Waals surface area contributed by atoms with Crippen LogP contribution in [0.4, 0.5) is 0 Å². The summed E-state index contributed by atoms with van der Waals surface area (Å²) < 4.78 is 8.98. The second-order valence-electron chi connectivity index (χ2n) is 8.00. The molecule has 0 radical (unpaired) electrons. The monoisotopic (exact) mass is 449 g/mol. The van der Waals surface area contributed by atoms with Gasteiger partial charge in [-0.2, -0.15) is 5.10 Å². The lowest BCUT2D eigenvalue weighted by molar-refractivity contribution is 0.0468. The third-order valence-corrected chi connectivity index (χ3v) is 6.60. The molecule has 3 aromatic heterocycles. The molecule has 1 aliphatic heterocycles. The van der Waals surface area contributed by atoms with Gasteiger partial charge in [0.1, 0.15) is 17.4 Å². The van der Waals surface area contributed by atoms with E-state index in [1.807, 2.05) is 18.6 Å². The molecule has 0 amide bonds. The van der Waals surface area contributed by atoms with E-state index in [9.17, 15) is 9.59 Å². The summed E-state index contributed by atoms with van der Waals surface area (Å²) >= 11 is 1.48. The van der Waals surface area contributed by atoms with Crippen molar-refractivity contribution in [3.05, 3.63) is 63.4 Å². The number of hydrogen-bond donors (Lipinski definition) is 0. The number of carbonyl (C=O) groups excluding carboxylic acids is 1. The van der Waals surface area contributed by atoms with Gasteiger partial charge in [-0.25, -0.2) is 14.8 Å². The Hall–Kier alpha value is -3.33. The first-order valence-corrected chi connectivity index (χ1v) is 11.6. The van der Waals surface area contributed by atoms with Gasteiger partial charge in [0.15, 0.2) is 0 Å². The van der Waals surface area contributed by atoms with Crippen LogP contribution >= 0.6 is 11.3 Å². The molecule has 32 heavy (non-hydrogen) atoms. The Morgan fingerprint density at radius 3 is 2.91 bits per heavy atom. The minimum absolute atomic E-state index is 0.0304. The standard InChI is InChI=1S/C23H23N5O3S/c1-27-12-16(11-24-27)21-25-17(14-32-21)13-31-23(30)15-7-8-18-19(10-15)26-20-6-4-2-3-5-9-28(20)22(18)29/h7-8,10-12,14H,2-6,9,13H2,1H3. The van der Waals surface area contributed by atoms with Gasteiger partial charge in [0.05, 0.1) is 28.4 Å². The van der Waals surface area contributed by atoms with E-state index in [0.29, 0.717) is 28.7 Å². The molecule has 0 fully saturated rings. The number of esters is 1. The maximum atomic E-state index is 12.9. The zero-order chi connectivity index (χ0) is 22.1. The highest BCUT2D eigenvalue weighted by Gasteiger charge is 2.16. The molecule has 8 nitrogen and oxygen atoms in total. The van der Waals surface area contributed by atoms with E-state index >= 15 is 0 Å². The van der Waals surface area contributed by atoms with Crippen molar-refractivity contribution in [3.8, 4) is 10.6 Å². The average Bonchev–Trinajstić information content (AvgIpc) is 3.42. The Morgan fingerprint density at radius 2 is 2.06 bits per heavy atom. The third kappa shape index (κ3) is 4.08. The highest BCUT2D eigenvalue weighted by atomic mass is 32.1. The molecule has 0 saturated carbocycles. The second-order valence-corrected chi connectivity index (χ2v) is 8.86. The Morgan fingerprint density at radius 1 is 1.19 bits per heavy atom. The fourth-order valence-corrected chi connectivity index (χ4v) is 4.76. The van der Waals surface area contributed by atoms with Crippen molar-refractivity contribution < 1.29 is 9.53 Å². The van der Waals surface area contributed by atoms with Crippen molar-refractivity contribution >= 4 is 28.2 Å². The number of aromatic nitrogens is 5. The van der Waals surface area contributed by atoms with Gasteiger partial charge in [-0.15, -0.1) is 11.3 Å². The van der Waals surface area contributed by atoms with Crippen LogP contribution in [0.2, 0.25) is 0 Å². The van der Waals surface area contributed by atoms with Gasteiger partial charge in [-0.05, 0) is 31.0 Å².